The summed E-state index contributed by atoms with van der Waals surface area (Å²) >= 11 is 0. The van der Waals surface area contributed by atoms with E-state index in [1.165, 1.54) is 0 Å². The van der Waals surface area contributed by atoms with Crippen LogP contribution >= 0.6 is 0 Å². The quantitative estimate of drug-likeness (QED) is 0.720. The molecule has 0 amide bonds. The van der Waals surface area contributed by atoms with E-state index in [9.17, 15) is 9.90 Å². The SMILES string of the molecule is Cc1ccnc(NC(CCO)C(C)C)c1C(=O)O. The number of nitrogens with zero attached hydrogens (tertiary/aromatic N) is 1. The maximum atomic E-state index is 11.2. The molecule has 0 bridgehead atoms. The Morgan fingerprint density at radius 1 is 1.50 bits per heavy atom. The number of anilines is 1. The van der Waals surface area contributed by atoms with E-state index >= 15 is 0 Å². The fourth-order valence-electron chi connectivity index (χ4n) is 1.82. The van der Waals surface area contributed by atoms with Gasteiger partial charge in [-0.05, 0) is 30.9 Å². The van der Waals surface area contributed by atoms with Crippen LogP contribution in [0, 0.1) is 12.8 Å². The maximum Gasteiger partial charge on any atom is 0.339 e. The summed E-state index contributed by atoms with van der Waals surface area (Å²) in [6.45, 7) is 5.84. The van der Waals surface area contributed by atoms with Gasteiger partial charge in [0, 0.05) is 18.8 Å². The third-order valence-electron chi connectivity index (χ3n) is 2.94. The fourth-order valence-corrected chi connectivity index (χ4v) is 1.82. The average Bonchev–Trinajstić information content (AvgIpc) is 2.27. The number of hydrogen-bond acceptors (Lipinski definition) is 4. The van der Waals surface area contributed by atoms with Gasteiger partial charge in [-0.2, -0.15) is 0 Å². The number of carbonyl (C=O) groups is 1. The number of aromatic carboxylic acids is 1. The van der Waals surface area contributed by atoms with Gasteiger partial charge in [0.25, 0.3) is 0 Å². The molecule has 1 atom stereocenters. The highest BCUT2D eigenvalue weighted by molar-refractivity contribution is 5.94. The molecule has 100 valence electrons. The number of carboxylic acid groups (broad SMARTS) is 1. The average molecular weight is 252 g/mol. The summed E-state index contributed by atoms with van der Waals surface area (Å²) in [5.41, 5.74) is 0.868. The number of pyridine rings is 1. The standard InChI is InChI=1S/C13H20N2O3/c1-8(2)10(5-7-16)15-12-11(13(17)18)9(3)4-6-14-12/h4,6,8,10,16H,5,7H2,1-3H3,(H,14,15)(H,17,18). The zero-order valence-corrected chi connectivity index (χ0v) is 11.0. The Hall–Kier alpha value is -1.62. The second kappa shape index (κ2) is 6.35. The zero-order chi connectivity index (χ0) is 13.7. The largest absolute Gasteiger partial charge is 0.478 e. The second-order valence-electron chi connectivity index (χ2n) is 4.66. The summed E-state index contributed by atoms with van der Waals surface area (Å²) in [5.74, 6) is -0.342. The van der Waals surface area contributed by atoms with Gasteiger partial charge in [-0.1, -0.05) is 13.8 Å². The molecule has 1 rings (SSSR count). The van der Waals surface area contributed by atoms with Crippen LogP contribution in [0.1, 0.15) is 36.2 Å². The predicted molar refractivity (Wildman–Crippen MR) is 69.9 cm³/mol. The van der Waals surface area contributed by atoms with Crippen molar-refractivity contribution in [2.24, 2.45) is 5.92 Å². The van der Waals surface area contributed by atoms with Crippen molar-refractivity contribution >= 4 is 11.8 Å². The van der Waals surface area contributed by atoms with E-state index in [-0.39, 0.29) is 24.1 Å². The maximum absolute atomic E-state index is 11.2. The van der Waals surface area contributed by atoms with E-state index in [0.29, 0.717) is 17.8 Å². The van der Waals surface area contributed by atoms with Gasteiger partial charge in [0.15, 0.2) is 0 Å². The van der Waals surface area contributed by atoms with Crippen LogP contribution in [-0.2, 0) is 0 Å². The first-order valence-electron chi connectivity index (χ1n) is 6.03. The molecule has 5 nitrogen and oxygen atoms in total. The molecule has 0 aliphatic heterocycles. The van der Waals surface area contributed by atoms with Crippen molar-refractivity contribution in [3.63, 3.8) is 0 Å². The van der Waals surface area contributed by atoms with Crippen LogP contribution in [0.5, 0.6) is 0 Å². The topological polar surface area (TPSA) is 82.5 Å². The molecule has 1 aromatic heterocycles. The minimum atomic E-state index is -0.991. The van der Waals surface area contributed by atoms with Crippen LogP contribution < -0.4 is 5.32 Å². The van der Waals surface area contributed by atoms with E-state index in [1.54, 1.807) is 19.2 Å². The molecular weight excluding hydrogens is 232 g/mol. The summed E-state index contributed by atoms with van der Waals surface area (Å²) in [5, 5.41) is 21.3. The van der Waals surface area contributed by atoms with E-state index in [2.05, 4.69) is 10.3 Å². The smallest absolute Gasteiger partial charge is 0.339 e. The van der Waals surface area contributed by atoms with Crippen molar-refractivity contribution in [1.82, 2.24) is 4.98 Å². The third-order valence-corrected chi connectivity index (χ3v) is 2.94. The monoisotopic (exact) mass is 252 g/mol. The van der Waals surface area contributed by atoms with Crippen molar-refractivity contribution < 1.29 is 15.0 Å². The van der Waals surface area contributed by atoms with Gasteiger partial charge < -0.3 is 15.5 Å². The molecule has 18 heavy (non-hydrogen) atoms. The van der Waals surface area contributed by atoms with E-state index in [4.69, 9.17) is 5.11 Å². The number of aliphatic hydroxyl groups excluding tert-OH is 1. The van der Waals surface area contributed by atoms with Gasteiger partial charge in [-0.25, -0.2) is 9.78 Å². The molecule has 0 aliphatic rings. The lowest BCUT2D eigenvalue weighted by molar-refractivity contribution is 0.0696. The van der Waals surface area contributed by atoms with Crippen molar-refractivity contribution in [3.8, 4) is 0 Å². The van der Waals surface area contributed by atoms with E-state index in [1.807, 2.05) is 13.8 Å². The van der Waals surface area contributed by atoms with Crippen LogP contribution in [0.15, 0.2) is 12.3 Å². The number of hydrogen-bond donors (Lipinski definition) is 3. The zero-order valence-electron chi connectivity index (χ0n) is 11.0. The molecule has 0 saturated heterocycles. The molecule has 1 heterocycles. The lowest BCUT2D eigenvalue weighted by Crippen LogP contribution is -2.28. The van der Waals surface area contributed by atoms with Gasteiger partial charge >= 0.3 is 5.97 Å². The van der Waals surface area contributed by atoms with Crippen LogP contribution in [0.3, 0.4) is 0 Å². The molecular formula is C13H20N2O3. The summed E-state index contributed by atoms with van der Waals surface area (Å²) in [6.07, 6.45) is 2.15. The molecule has 0 radical (unpaired) electrons. The molecule has 1 unspecified atom stereocenters. The number of aromatic nitrogens is 1. The van der Waals surface area contributed by atoms with Gasteiger partial charge in [0.05, 0.1) is 0 Å². The molecule has 1 aromatic rings. The summed E-state index contributed by atoms with van der Waals surface area (Å²) < 4.78 is 0. The Kier molecular flexibility index (Phi) is 5.09. The Labute approximate surface area is 107 Å². The van der Waals surface area contributed by atoms with Crippen LogP contribution in [0.2, 0.25) is 0 Å². The predicted octanol–water partition coefficient (Wildman–Crippen LogP) is 1.91. The Morgan fingerprint density at radius 3 is 2.67 bits per heavy atom. The van der Waals surface area contributed by atoms with Gasteiger partial charge in [-0.3, -0.25) is 0 Å². The van der Waals surface area contributed by atoms with Crippen LogP contribution in [-0.4, -0.2) is 33.8 Å². The highest BCUT2D eigenvalue weighted by Crippen LogP contribution is 2.20. The van der Waals surface area contributed by atoms with Crippen molar-refractivity contribution in [2.75, 3.05) is 11.9 Å². The lowest BCUT2D eigenvalue weighted by Gasteiger charge is -2.23. The van der Waals surface area contributed by atoms with Crippen molar-refractivity contribution in [1.29, 1.82) is 0 Å². The van der Waals surface area contributed by atoms with Gasteiger partial charge in [0.1, 0.15) is 11.4 Å². The normalized spacial score (nSPS) is 12.5. The number of carboxylic acids is 1. The molecule has 3 N–H and O–H groups in total. The van der Waals surface area contributed by atoms with Crippen LogP contribution in [0.25, 0.3) is 0 Å². The molecule has 0 spiro atoms. The van der Waals surface area contributed by atoms with E-state index in [0.717, 1.165) is 0 Å². The Morgan fingerprint density at radius 2 is 2.17 bits per heavy atom. The highest BCUT2D eigenvalue weighted by atomic mass is 16.4. The Balaban J connectivity index is 3.02. The van der Waals surface area contributed by atoms with Crippen LogP contribution in [0.4, 0.5) is 5.82 Å². The highest BCUT2D eigenvalue weighted by Gasteiger charge is 2.19. The number of aryl methyl sites for hydroxylation is 1. The van der Waals surface area contributed by atoms with Gasteiger partial charge in [-0.15, -0.1) is 0 Å². The molecule has 5 heteroatoms. The molecule has 0 saturated carbocycles. The fraction of sp³-hybridized carbons (Fsp3) is 0.538. The number of rotatable bonds is 6. The van der Waals surface area contributed by atoms with E-state index < -0.39 is 5.97 Å². The minimum absolute atomic E-state index is 0.00222. The second-order valence-corrected chi connectivity index (χ2v) is 4.66. The summed E-state index contributed by atoms with van der Waals surface area (Å²) in [7, 11) is 0. The Bertz CT molecular complexity index is 419. The first-order chi connectivity index (χ1) is 8.47. The first-order valence-corrected chi connectivity index (χ1v) is 6.03. The molecule has 0 fully saturated rings. The van der Waals surface area contributed by atoms with Gasteiger partial charge in [0.2, 0.25) is 0 Å². The summed E-state index contributed by atoms with van der Waals surface area (Å²) in [6, 6.07) is 1.67. The number of nitrogens with one attached hydrogen (secondary N) is 1. The first kappa shape index (κ1) is 14.4. The minimum Gasteiger partial charge on any atom is -0.478 e. The van der Waals surface area contributed by atoms with Crippen molar-refractivity contribution in [3.05, 3.63) is 23.4 Å². The van der Waals surface area contributed by atoms with Crippen molar-refractivity contribution in [2.45, 2.75) is 33.2 Å². The third kappa shape index (κ3) is 3.43. The number of aliphatic hydroxyl groups is 1. The summed E-state index contributed by atoms with van der Waals surface area (Å²) in [4.78, 5) is 15.3. The lowest BCUT2D eigenvalue weighted by atomic mass is 10.0. The molecule has 0 aliphatic carbocycles. The molecule has 0 aromatic carbocycles.